The van der Waals surface area contributed by atoms with Crippen molar-refractivity contribution < 1.29 is 23.2 Å². The predicted octanol–water partition coefficient (Wildman–Crippen LogP) is 2.87. The molecule has 0 saturated heterocycles. The van der Waals surface area contributed by atoms with Crippen molar-refractivity contribution in [3.05, 3.63) is 29.8 Å². The minimum atomic E-state index is -1.45. The first-order chi connectivity index (χ1) is 10.6. The van der Waals surface area contributed by atoms with E-state index in [1.165, 1.54) is 6.07 Å². The first-order valence-corrected chi connectivity index (χ1v) is 7.44. The van der Waals surface area contributed by atoms with Gasteiger partial charge < -0.3 is 5.32 Å². The van der Waals surface area contributed by atoms with Crippen LogP contribution in [0.25, 0.3) is 0 Å². The van der Waals surface area contributed by atoms with Crippen LogP contribution in [-0.4, -0.2) is 17.5 Å². The van der Waals surface area contributed by atoms with E-state index < -0.39 is 45.4 Å². The minimum Gasteiger partial charge on any atom is -0.325 e. The molecule has 2 atom stereocenters. The van der Waals surface area contributed by atoms with Crippen molar-refractivity contribution in [3.63, 3.8) is 0 Å². The summed E-state index contributed by atoms with van der Waals surface area (Å²) in [6.07, 6.45) is 0.729. The lowest BCUT2D eigenvalue weighted by Crippen LogP contribution is -2.47. The summed E-state index contributed by atoms with van der Waals surface area (Å²) in [5, 5.41) is 2.48. The van der Waals surface area contributed by atoms with Crippen LogP contribution in [0, 0.1) is 27.9 Å². The normalized spacial score (nSPS) is 31.5. The number of amides is 1. The van der Waals surface area contributed by atoms with E-state index in [2.05, 4.69) is 5.32 Å². The number of nitrogens with one attached hydrogen (secondary N) is 1. The number of hydrogen-bond donors (Lipinski definition) is 1. The fourth-order valence-corrected chi connectivity index (χ4v) is 4.08. The van der Waals surface area contributed by atoms with Gasteiger partial charge in [0.15, 0.2) is 11.6 Å². The van der Waals surface area contributed by atoms with Crippen LogP contribution >= 0.6 is 0 Å². The largest absolute Gasteiger partial charge is 0.325 e. The Kier molecular flexibility index (Phi) is 3.06. The molecule has 2 unspecified atom stereocenters. The summed E-state index contributed by atoms with van der Waals surface area (Å²) in [6, 6.07) is 2.97. The van der Waals surface area contributed by atoms with Crippen molar-refractivity contribution >= 4 is 23.2 Å². The molecule has 122 valence electrons. The number of Topliss-reactive ketones (excluding diaryl/α,β-unsaturated/α-hetero) is 2. The fourth-order valence-electron chi connectivity index (χ4n) is 4.08. The van der Waals surface area contributed by atoms with E-state index in [0.29, 0.717) is 6.42 Å². The Labute approximate surface area is 132 Å². The molecule has 1 amide bonds. The van der Waals surface area contributed by atoms with Crippen LogP contribution in [0.3, 0.4) is 0 Å². The summed E-state index contributed by atoms with van der Waals surface area (Å²) in [4.78, 5) is 37.6. The lowest BCUT2D eigenvalue weighted by Gasteiger charge is -2.37. The molecule has 2 bridgehead atoms. The number of hydrogen-bond acceptors (Lipinski definition) is 3. The Bertz CT molecular complexity index is 758. The third kappa shape index (κ3) is 1.66. The van der Waals surface area contributed by atoms with Gasteiger partial charge in [0.1, 0.15) is 5.41 Å². The van der Waals surface area contributed by atoms with Crippen LogP contribution in [0.15, 0.2) is 18.2 Å². The Morgan fingerprint density at radius 2 is 1.70 bits per heavy atom. The average molecular weight is 321 g/mol. The standard InChI is InChI=1S/C17H17F2NO3/c1-15(2)16(3)6-7-17(15,13(22)12(16)21)14(23)20-9-4-5-10(18)11(19)8-9/h4-5,8H,6-7H2,1-3H3,(H,20,23). The van der Waals surface area contributed by atoms with Gasteiger partial charge in [-0.05, 0) is 30.4 Å². The Balaban J connectivity index is 2.00. The van der Waals surface area contributed by atoms with Crippen molar-refractivity contribution in [1.82, 2.24) is 0 Å². The lowest BCUT2D eigenvalue weighted by molar-refractivity contribution is -0.147. The van der Waals surface area contributed by atoms with E-state index in [4.69, 9.17) is 0 Å². The second-order valence-corrected chi connectivity index (χ2v) is 7.10. The van der Waals surface area contributed by atoms with Gasteiger partial charge in [-0.1, -0.05) is 20.8 Å². The van der Waals surface area contributed by atoms with Gasteiger partial charge >= 0.3 is 0 Å². The maximum Gasteiger partial charge on any atom is 0.239 e. The number of carbonyl (C=O) groups excluding carboxylic acids is 3. The van der Waals surface area contributed by atoms with Crippen LogP contribution in [0.5, 0.6) is 0 Å². The Morgan fingerprint density at radius 3 is 2.22 bits per heavy atom. The number of rotatable bonds is 2. The van der Waals surface area contributed by atoms with Gasteiger partial charge in [-0.25, -0.2) is 8.78 Å². The molecular formula is C17H17F2NO3. The number of benzene rings is 1. The van der Waals surface area contributed by atoms with Crippen molar-refractivity contribution in [2.24, 2.45) is 16.2 Å². The van der Waals surface area contributed by atoms with Crippen molar-refractivity contribution in [3.8, 4) is 0 Å². The van der Waals surface area contributed by atoms with Crippen LogP contribution in [0.1, 0.15) is 33.6 Å². The summed E-state index contributed by atoms with van der Waals surface area (Å²) in [5.41, 5.74) is -3.10. The highest BCUT2D eigenvalue weighted by atomic mass is 19.2. The van der Waals surface area contributed by atoms with Crippen LogP contribution in [-0.2, 0) is 14.4 Å². The van der Waals surface area contributed by atoms with E-state index in [0.717, 1.165) is 12.1 Å². The molecule has 0 spiro atoms. The summed E-state index contributed by atoms with van der Waals surface area (Å²) in [6.45, 7) is 5.20. The first kappa shape index (κ1) is 15.8. The highest BCUT2D eigenvalue weighted by Gasteiger charge is 2.77. The highest BCUT2D eigenvalue weighted by Crippen LogP contribution is 2.69. The Hall–Kier alpha value is -2.11. The molecule has 0 radical (unpaired) electrons. The Morgan fingerprint density at radius 1 is 1.04 bits per heavy atom. The van der Waals surface area contributed by atoms with E-state index in [1.807, 2.05) is 0 Å². The number of carbonyl (C=O) groups is 3. The predicted molar refractivity (Wildman–Crippen MR) is 78.6 cm³/mol. The third-order valence-corrected chi connectivity index (χ3v) is 6.11. The van der Waals surface area contributed by atoms with Gasteiger partial charge in [0.25, 0.3) is 0 Å². The zero-order valence-corrected chi connectivity index (χ0v) is 13.1. The summed E-state index contributed by atoms with van der Waals surface area (Å²) in [7, 11) is 0. The van der Waals surface area contributed by atoms with E-state index in [-0.39, 0.29) is 12.1 Å². The van der Waals surface area contributed by atoms with Crippen molar-refractivity contribution in [2.75, 3.05) is 5.32 Å². The molecule has 2 saturated carbocycles. The van der Waals surface area contributed by atoms with Gasteiger partial charge in [-0.3, -0.25) is 14.4 Å². The number of anilines is 1. The number of ketones is 2. The van der Waals surface area contributed by atoms with Crippen LogP contribution in [0.2, 0.25) is 0 Å². The second kappa shape index (κ2) is 4.46. The van der Waals surface area contributed by atoms with Gasteiger partial charge in [0, 0.05) is 17.2 Å². The highest BCUT2D eigenvalue weighted by molar-refractivity contribution is 6.49. The maximum absolute atomic E-state index is 13.3. The zero-order valence-electron chi connectivity index (χ0n) is 13.1. The summed E-state index contributed by atoms with van der Waals surface area (Å²) >= 11 is 0. The van der Waals surface area contributed by atoms with E-state index in [1.54, 1.807) is 20.8 Å². The lowest BCUT2D eigenvalue weighted by atomic mass is 9.64. The monoisotopic (exact) mass is 321 g/mol. The molecule has 1 N–H and O–H groups in total. The van der Waals surface area contributed by atoms with Gasteiger partial charge in [0.2, 0.25) is 17.5 Å². The molecule has 0 heterocycles. The number of halogens is 2. The zero-order chi connectivity index (χ0) is 17.2. The average Bonchev–Trinajstić information content (AvgIpc) is 2.75. The van der Waals surface area contributed by atoms with Crippen molar-refractivity contribution in [1.29, 1.82) is 0 Å². The molecule has 23 heavy (non-hydrogen) atoms. The van der Waals surface area contributed by atoms with Gasteiger partial charge in [0.05, 0.1) is 0 Å². The topological polar surface area (TPSA) is 63.2 Å². The molecule has 3 rings (SSSR count). The molecule has 1 aromatic carbocycles. The van der Waals surface area contributed by atoms with E-state index >= 15 is 0 Å². The fraction of sp³-hybridized carbons (Fsp3) is 0.471. The molecule has 0 aliphatic heterocycles. The molecule has 2 aliphatic rings. The molecular weight excluding hydrogens is 304 g/mol. The molecule has 6 heteroatoms. The molecule has 4 nitrogen and oxygen atoms in total. The third-order valence-electron chi connectivity index (χ3n) is 6.11. The first-order valence-electron chi connectivity index (χ1n) is 7.44. The SMILES string of the molecule is CC12CCC(C(=O)Nc3ccc(F)c(F)c3)(C(=O)C1=O)C2(C)C. The smallest absolute Gasteiger partial charge is 0.239 e. The molecule has 0 aromatic heterocycles. The molecule has 2 aliphatic carbocycles. The van der Waals surface area contributed by atoms with Gasteiger partial charge in [-0.2, -0.15) is 0 Å². The minimum absolute atomic E-state index is 0.0554. The molecule has 1 aromatic rings. The summed E-state index contributed by atoms with van der Waals surface area (Å²) in [5.74, 6) is -3.95. The van der Waals surface area contributed by atoms with Crippen LogP contribution < -0.4 is 5.32 Å². The maximum atomic E-state index is 13.3. The van der Waals surface area contributed by atoms with Crippen LogP contribution in [0.4, 0.5) is 14.5 Å². The quantitative estimate of drug-likeness (QED) is 0.673. The van der Waals surface area contributed by atoms with Crippen molar-refractivity contribution in [2.45, 2.75) is 33.6 Å². The van der Waals surface area contributed by atoms with Gasteiger partial charge in [-0.15, -0.1) is 0 Å². The summed E-state index contributed by atoms with van der Waals surface area (Å²) < 4.78 is 26.3. The number of fused-ring (bicyclic) bond motifs is 2. The molecule has 2 fully saturated rings. The van der Waals surface area contributed by atoms with E-state index in [9.17, 15) is 23.2 Å². The second-order valence-electron chi connectivity index (χ2n) is 7.10.